The Morgan fingerprint density at radius 1 is 1.06 bits per heavy atom. The van der Waals surface area contributed by atoms with Crippen molar-refractivity contribution in [1.29, 1.82) is 0 Å². The van der Waals surface area contributed by atoms with Gasteiger partial charge in [-0.15, -0.1) is 0 Å². The number of esters is 1. The van der Waals surface area contributed by atoms with Crippen LogP contribution in [0.25, 0.3) is 6.08 Å². The largest absolute Gasteiger partial charge is 0.490 e. The van der Waals surface area contributed by atoms with Crippen LogP contribution in [0.2, 0.25) is 5.02 Å². The van der Waals surface area contributed by atoms with E-state index in [4.69, 9.17) is 25.8 Å². The third-order valence-corrected chi connectivity index (χ3v) is 5.13. The summed E-state index contributed by atoms with van der Waals surface area (Å²) in [5.74, 6) is -0.00503. The number of ether oxygens (including phenoxy) is 3. The first-order valence-corrected chi connectivity index (χ1v) is 10.7. The molecule has 0 radical (unpaired) electrons. The van der Waals surface area contributed by atoms with Gasteiger partial charge in [0.25, 0.3) is 0 Å². The van der Waals surface area contributed by atoms with Crippen molar-refractivity contribution in [3.05, 3.63) is 99.5 Å². The highest BCUT2D eigenvalue weighted by atomic mass is 35.5. The lowest BCUT2D eigenvalue weighted by molar-refractivity contribution is -0.129. The van der Waals surface area contributed by atoms with Crippen molar-refractivity contribution in [1.82, 2.24) is 0 Å². The lowest BCUT2D eigenvalue weighted by Gasteiger charge is -2.14. The Hall–Kier alpha value is -3.64. The number of rotatable bonds is 7. The van der Waals surface area contributed by atoms with E-state index < -0.39 is 5.97 Å². The third-order valence-electron chi connectivity index (χ3n) is 4.85. The van der Waals surface area contributed by atoms with Gasteiger partial charge in [-0.2, -0.15) is 0 Å². The van der Waals surface area contributed by atoms with Gasteiger partial charge in [0, 0.05) is 5.56 Å². The van der Waals surface area contributed by atoms with Crippen molar-refractivity contribution in [2.45, 2.75) is 20.5 Å². The third kappa shape index (κ3) is 5.41. The van der Waals surface area contributed by atoms with E-state index in [1.165, 1.54) is 29.8 Å². The molecule has 0 unspecified atom stereocenters. The van der Waals surface area contributed by atoms with Crippen LogP contribution in [0.3, 0.4) is 0 Å². The fourth-order valence-corrected chi connectivity index (χ4v) is 3.47. The maximum Gasteiger partial charge on any atom is 0.363 e. The number of hydrogen-bond donors (Lipinski definition) is 0. The average Bonchev–Trinajstić information content (AvgIpc) is 3.15. The van der Waals surface area contributed by atoms with Crippen LogP contribution in [0.15, 0.2) is 71.4 Å². The van der Waals surface area contributed by atoms with Gasteiger partial charge in [-0.05, 0) is 67.4 Å². The molecule has 1 aliphatic heterocycles. The van der Waals surface area contributed by atoms with Crippen LogP contribution in [0.1, 0.15) is 29.2 Å². The average molecular weight is 466 g/mol. The van der Waals surface area contributed by atoms with E-state index >= 15 is 0 Å². The summed E-state index contributed by atoms with van der Waals surface area (Å²) in [4.78, 5) is 16.6. The predicted octanol–water partition coefficient (Wildman–Crippen LogP) is 6.11. The predicted molar refractivity (Wildman–Crippen MR) is 125 cm³/mol. The summed E-state index contributed by atoms with van der Waals surface area (Å²) in [7, 11) is 0. The second-order valence-electron chi connectivity index (χ2n) is 7.38. The maximum absolute atomic E-state index is 13.2. The molecule has 0 spiro atoms. The molecule has 3 aromatic carbocycles. The van der Waals surface area contributed by atoms with Crippen molar-refractivity contribution < 1.29 is 23.4 Å². The number of nitrogens with zero attached hydrogens (tertiary/aromatic N) is 1. The minimum absolute atomic E-state index is 0.0983. The number of aliphatic imine (C=N–C) groups is 1. The van der Waals surface area contributed by atoms with Gasteiger partial charge in [-0.1, -0.05) is 41.4 Å². The van der Waals surface area contributed by atoms with Crippen LogP contribution in [0.4, 0.5) is 4.39 Å². The summed E-state index contributed by atoms with van der Waals surface area (Å²) >= 11 is 6.50. The van der Waals surface area contributed by atoms with E-state index in [2.05, 4.69) is 4.99 Å². The van der Waals surface area contributed by atoms with Crippen LogP contribution >= 0.6 is 11.6 Å². The van der Waals surface area contributed by atoms with E-state index in [1.54, 1.807) is 18.2 Å². The van der Waals surface area contributed by atoms with E-state index in [9.17, 15) is 9.18 Å². The highest BCUT2D eigenvalue weighted by Gasteiger charge is 2.24. The fraction of sp³-hybridized carbons (Fsp3) is 0.154. The van der Waals surface area contributed by atoms with Crippen LogP contribution < -0.4 is 9.47 Å². The van der Waals surface area contributed by atoms with Crippen LogP contribution in [0, 0.1) is 12.7 Å². The molecule has 5 nitrogen and oxygen atoms in total. The van der Waals surface area contributed by atoms with Crippen LogP contribution in [0.5, 0.6) is 11.5 Å². The van der Waals surface area contributed by atoms with Gasteiger partial charge in [0.2, 0.25) is 5.90 Å². The molecular weight excluding hydrogens is 445 g/mol. The van der Waals surface area contributed by atoms with Gasteiger partial charge in [0.1, 0.15) is 12.4 Å². The SMILES string of the molecule is CCOc1cc(/C=C2\N=C(c3ccc(F)cc3)OC2=O)cc(Cl)c1OCc1ccc(C)cc1. The molecule has 0 atom stereocenters. The van der Waals surface area contributed by atoms with Crippen molar-refractivity contribution in [2.75, 3.05) is 6.61 Å². The summed E-state index contributed by atoms with van der Waals surface area (Å²) in [6.07, 6.45) is 1.55. The fourth-order valence-electron chi connectivity index (χ4n) is 3.20. The molecule has 1 heterocycles. The number of halogens is 2. The molecule has 0 bridgehead atoms. The smallest absolute Gasteiger partial charge is 0.363 e. The Bertz CT molecular complexity index is 1230. The second-order valence-corrected chi connectivity index (χ2v) is 7.79. The quantitative estimate of drug-likeness (QED) is 0.312. The Morgan fingerprint density at radius 3 is 2.48 bits per heavy atom. The number of benzene rings is 3. The Labute approximate surface area is 196 Å². The normalized spacial score (nSPS) is 14.2. The van der Waals surface area contributed by atoms with Gasteiger partial charge in [0.05, 0.1) is 11.6 Å². The zero-order valence-corrected chi connectivity index (χ0v) is 18.9. The first-order valence-electron chi connectivity index (χ1n) is 10.4. The molecular formula is C26H21ClFNO4. The van der Waals surface area contributed by atoms with Gasteiger partial charge in [-0.25, -0.2) is 14.2 Å². The molecule has 33 heavy (non-hydrogen) atoms. The minimum atomic E-state index is -0.608. The molecule has 0 fully saturated rings. The second kappa shape index (κ2) is 9.88. The molecule has 1 aliphatic rings. The van der Waals surface area contributed by atoms with Crippen molar-refractivity contribution >= 4 is 29.5 Å². The first kappa shape index (κ1) is 22.6. The molecule has 168 valence electrons. The van der Waals surface area contributed by atoms with Gasteiger partial charge in [-0.3, -0.25) is 0 Å². The molecule has 0 saturated carbocycles. The van der Waals surface area contributed by atoms with E-state index in [0.717, 1.165) is 5.56 Å². The molecule has 0 amide bonds. The molecule has 0 aromatic heterocycles. The van der Waals surface area contributed by atoms with Crippen molar-refractivity contribution in [2.24, 2.45) is 4.99 Å². The standard InChI is InChI=1S/C26H21ClFNO4/c1-3-31-23-14-18(12-21(27)24(23)32-15-17-6-4-16(2)5-7-17)13-22-26(30)33-25(29-22)19-8-10-20(28)11-9-19/h4-14H,3,15H2,1-2H3/b22-13-. The zero-order valence-electron chi connectivity index (χ0n) is 18.1. The Morgan fingerprint density at radius 2 is 1.79 bits per heavy atom. The molecule has 0 N–H and O–H groups in total. The van der Waals surface area contributed by atoms with Crippen molar-refractivity contribution in [3.63, 3.8) is 0 Å². The highest BCUT2D eigenvalue weighted by molar-refractivity contribution is 6.32. The van der Waals surface area contributed by atoms with Crippen molar-refractivity contribution in [3.8, 4) is 11.5 Å². The molecule has 4 rings (SSSR count). The maximum atomic E-state index is 13.2. The summed E-state index contributed by atoms with van der Waals surface area (Å²) in [5.41, 5.74) is 3.37. The Balaban J connectivity index is 1.60. The summed E-state index contributed by atoms with van der Waals surface area (Å²) in [6.45, 7) is 4.62. The zero-order chi connectivity index (χ0) is 23.4. The number of aryl methyl sites for hydroxylation is 1. The van der Waals surface area contributed by atoms with Gasteiger partial charge in [0.15, 0.2) is 17.2 Å². The number of hydrogen-bond acceptors (Lipinski definition) is 5. The molecule has 0 aliphatic carbocycles. The molecule has 0 saturated heterocycles. The molecule has 3 aromatic rings. The van der Waals surface area contributed by atoms with Crippen LogP contribution in [-0.2, 0) is 16.1 Å². The van der Waals surface area contributed by atoms with Gasteiger partial charge >= 0.3 is 5.97 Å². The summed E-state index contributed by atoms with van der Waals surface area (Å²) < 4.78 is 30.1. The monoisotopic (exact) mass is 465 g/mol. The summed E-state index contributed by atoms with van der Waals surface area (Å²) in [6, 6.07) is 16.9. The highest BCUT2D eigenvalue weighted by Crippen LogP contribution is 2.38. The lowest BCUT2D eigenvalue weighted by atomic mass is 10.1. The Kier molecular flexibility index (Phi) is 6.75. The first-order chi connectivity index (χ1) is 15.9. The van der Waals surface area contributed by atoms with Gasteiger partial charge < -0.3 is 14.2 Å². The minimum Gasteiger partial charge on any atom is -0.490 e. The topological polar surface area (TPSA) is 57.1 Å². The van der Waals surface area contributed by atoms with E-state index in [1.807, 2.05) is 38.1 Å². The number of carbonyl (C=O) groups excluding carboxylic acids is 1. The number of carbonyl (C=O) groups is 1. The van der Waals surface area contributed by atoms with E-state index in [0.29, 0.717) is 40.9 Å². The van der Waals surface area contributed by atoms with E-state index in [-0.39, 0.29) is 17.4 Å². The van der Waals surface area contributed by atoms with Crippen LogP contribution in [-0.4, -0.2) is 18.5 Å². The molecule has 7 heteroatoms. The lowest BCUT2D eigenvalue weighted by Crippen LogP contribution is -2.05. The number of cyclic esters (lactones) is 1. The summed E-state index contributed by atoms with van der Waals surface area (Å²) in [5, 5.41) is 0.342.